The van der Waals surface area contributed by atoms with Crippen LogP contribution in [0.2, 0.25) is 0 Å². The van der Waals surface area contributed by atoms with Crippen LogP contribution in [0.5, 0.6) is 0 Å². The monoisotopic (exact) mass is 292 g/mol. The number of nitrogens with one attached hydrogen (secondary N) is 1. The summed E-state index contributed by atoms with van der Waals surface area (Å²) in [6.45, 7) is 0.652. The molecule has 0 amide bonds. The van der Waals surface area contributed by atoms with Crippen molar-refractivity contribution < 1.29 is 22.3 Å². The molecule has 1 saturated heterocycles. The van der Waals surface area contributed by atoms with Gasteiger partial charge in [0.05, 0.1) is 11.7 Å². The Morgan fingerprint density at radius 2 is 2.15 bits per heavy atom. The molecular weight excluding hydrogens is 276 g/mol. The Hall–Kier alpha value is -1.18. The van der Waals surface area contributed by atoms with E-state index in [1.54, 1.807) is 0 Å². The molecule has 3 nitrogen and oxygen atoms in total. The molecule has 7 heteroatoms. The standard InChI is InChI=1S/C13H16F4N2O/c14-11-4-3-8(6-10(11)13(15,16)17)12(19-18)7-9-2-1-5-20-9/h3-4,6,9,12,19H,1-2,5,7,18H2. The zero-order valence-corrected chi connectivity index (χ0v) is 10.7. The molecule has 1 heterocycles. The summed E-state index contributed by atoms with van der Waals surface area (Å²) < 4.78 is 56.7. The van der Waals surface area contributed by atoms with Crippen LogP contribution < -0.4 is 11.3 Å². The normalized spacial score (nSPS) is 21.1. The van der Waals surface area contributed by atoms with Crippen molar-refractivity contribution in [3.05, 3.63) is 35.1 Å². The molecule has 1 aromatic carbocycles. The van der Waals surface area contributed by atoms with Gasteiger partial charge >= 0.3 is 6.18 Å². The average molecular weight is 292 g/mol. The van der Waals surface area contributed by atoms with Crippen molar-refractivity contribution in [2.45, 2.75) is 37.6 Å². The quantitative estimate of drug-likeness (QED) is 0.509. The highest BCUT2D eigenvalue weighted by Gasteiger charge is 2.35. The second-order valence-corrected chi connectivity index (χ2v) is 4.83. The first kappa shape index (κ1) is 15.2. The Labute approximate surface area is 114 Å². The fourth-order valence-electron chi connectivity index (χ4n) is 2.37. The second-order valence-electron chi connectivity index (χ2n) is 4.83. The van der Waals surface area contributed by atoms with Gasteiger partial charge in [0.1, 0.15) is 5.82 Å². The largest absolute Gasteiger partial charge is 0.419 e. The summed E-state index contributed by atoms with van der Waals surface area (Å²) in [7, 11) is 0. The van der Waals surface area contributed by atoms with Crippen molar-refractivity contribution in [2.75, 3.05) is 6.61 Å². The molecule has 112 valence electrons. The summed E-state index contributed by atoms with van der Waals surface area (Å²) in [4.78, 5) is 0. The third-order valence-corrected chi connectivity index (χ3v) is 3.42. The number of hydrogen-bond acceptors (Lipinski definition) is 3. The topological polar surface area (TPSA) is 47.3 Å². The first-order valence-electron chi connectivity index (χ1n) is 6.36. The van der Waals surface area contributed by atoms with Gasteiger partial charge in [0.2, 0.25) is 0 Å². The highest BCUT2D eigenvalue weighted by atomic mass is 19.4. The second kappa shape index (κ2) is 6.07. The number of ether oxygens (including phenoxy) is 1. The van der Waals surface area contributed by atoms with E-state index < -0.39 is 23.6 Å². The minimum Gasteiger partial charge on any atom is -0.378 e. The Balaban J connectivity index is 2.21. The fraction of sp³-hybridized carbons (Fsp3) is 0.538. The van der Waals surface area contributed by atoms with Gasteiger partial charge in [-0.3, -0.25) is 11.3 Å². The van der Waals surface area contributed by atoms with E-state index in [9.17, 15) is 17.6 Å². The molecule has 2 atom stereocenters. The molecule has 0 saturated carbocycles. The molecule has 3 N–H and O–H groups in total. The molecule has 2 unspecified atom stereocenters. The van der Waals surface area contributed by atoms with Gasteiger partial charge in [0.15, 0.2) is 0 Å². The van der Waals surface area contributed by atoms with Gasteiger partial charge in [0, 0.05) is 12.6 Å². The summed E-state index contributed by atoms with van der Waals surface area (Å²) in [6.07, 6.45) is -2.51. The molecular formula is C13H16F4N2O. The Morgan fingerprint density at radius 3 is 2.70 bits per heavy atom. The van der Waals surface area contributed by atoms with Crippen LogP contribution in [-0.4, -0.2) is 12.7 Å². The van der Waals surface area contributed by atoms with Crippen LogP contribution in [0.15, 0.2) is 18.2 Å². The van der Waals surface area contributed by atoms with Gasteiger partial charge in [-0.15, -0.1) is 0 Å². The van der Waals surface area contributed by atoms with E-state index in [0.717, 1.165) is 25.0 Å². The fourth-order valence-corrected chi connectivity index (χ4v) is 2.37. The van der Waals surface area contributed by atoms with Crippen LogP contribution >= 0.6 is 0 Å². The van der Waals surface area contributed by atoms with Crippen molar-refractivity contribution in [1.82, 2.24) is 5.43 Å². The van der Waals surface area contributed by atoms with E-state index in [4.69, 9.17) is 10.6 Å². The maximum atomic E-state index is 13.2. The first-order chi connectivity index (χ1) is 9.41. The number of nitrogens with two attached hydrogens (primary N) is 1. The number of rotatable bonds is 4. The summed E-state index contributed by atoms with van der Waals surface area (Å²) in [6, 6.07) is 2.43. The van der Waals surface area contributed by atoms with E-state index in [2.05, 4.69) is 5.43 Å². The third-order valence-electron chi connectivity index (χ3n) is 3.42. The van der Waals surface area contributed by atoms with E-state index >= 15 is 0 Å². The molecule has 1 aliphatic rings. The summed E-state index contributed by atoms with van der Waals surface area (Å²) >= 11 is 0. The summed E-state index contributed by atoms with van der Waals surface area (Å²) in [5.74, 6) is 4.12. The molecule has 20 heavy (non-hydrogen) atoms. The minimum atomic E-state index is -4.72. The lowest BCUT2D eigenvalue weighted by atomic mass is 9.98. The van der Waals surface area contributed by atoms with Crippen molar-refractivity contribution in [1.29, 1.82) is 0 Å². The van der Waals surface area contributed by atoms with Crippen LogP contribution in [0.1, 0.15) is 36.4 Å². The van der Waals surface area contributed by atoms with Crippen molar-refractivity contribution in [3.63, 3.8) is 0 Å². The molecule has 0 spiro atoms. The van der Waals surface area contributed by atoms with Crippen LogP contribution in [0.25, 0.3) is 0 Å². The molecule has 1 aliphatic heterocycles. The van der Waals surface area contributed by atoms with Gasteiger partial charge < -0.3 is 4.74 Å². The van der Waals surface area contributed by atoms with Gasteiger partial charge in [-0.25, -0.2) is 4.39 Å². The van der Waals surface area contributed by atoms with Crippen molar-refractivity contribution in [3.8, 4) is 0 Å². The maximum absolute atomic E-state index is 13.2. The van der Waals surface area contributed by atoms with Crippen LogP contribution in [0.4, 0.5) is 17.6 Å². The number of hydrazine groups is 1. The molecule has 0 bridgehead atoms. The molecule has 0 radical (unpaired) electrons. The zero-order valence-electron chi connectivity index (χ0n) is 10.7. The van der Waals surface area contributed by atoms with Crippen LogP contribution in [-0.2, 0) is 10.9 Å². The maximum Gasteiger partial charge on any atom is 0.419 e. The summed E-state index contributed by atoms with van der Waals surface area (Å²) in [5.41, 5.74) is 1.50. The van der Waals surface area contributed by atoms with E-state index in [1.807, 2.05) is 0 Å². The lowest BCUT2D eigenvalue weighted by Crippen LogP contribution is -2.31. The van der Waals surface area contributed by atoms with Crippen molar-refractivity contribution >= 4 is 0 Å². The van der Waals surface area contributed by atoms with Crippen molar-refractivity contribution in [2.24, 2.45) is 5.84 Å². The smallest absolute Gasteiger partial charge is 0.378 e. The van der Waals surface area contributed by atoms with Gasteiger partial charge in [-0.2, -0.15) is 13.2 Å². The minimum absolute atomic E-state index is 0.0320. The average Bonchev–Trinajstić information content (AvgIpc) is 2.88. The number of alkyl halides is 3. The molecule has 1 aromatic rings. The molecule has 0 aliphatic carbocycles. The molecule has 0 aromatic heterocycles. The van der Waals surface area contributed by atoms with Gasteiger partial charge in [-0.05, 0) is 37.0 Å². The van der Waals surface area contributed by atoms with Gasteiger partial charge in [0.25, 0.3) is 0 Å². The predicted octanol–water partition coefficient (Wildman–Crippen LogP) is 2.92. The zero-order chi connectivity index (χ0) is 14.8. The lowest BCUT2D eigenvalue weighted by molar-refractivity contribution is -0.140. The van der Waals surface area contributed by atoms with E-state index in [0.29, 0.717) is 18.6 Å². The number of benzene rings is 1. The summed E-state index contributed by atoms with van der Waals surface area (Å²) in [5, 5.41) is 0. The van der Waals surface area contributed by atoms with Crippen LogP contribution in [0.3, 0.4) is 0 Å². The molecule has 2 rings (SSSR count). The highest BCUT2D eigenvalue weighted by Crippen LogP contribution is 2.34. The Bertz CT molecular complexity index is 458. The Kier molecular flexibility index (Phi) is 4.62. The van der Waals surface area contributed by atoms with Crippen LogP contribution in [0, 0.1) is 5.82 Å². The van der Waals surface area contributed by atoms with E-state index in [-0.39, 0.29) is 6.10 Å². The first-order valence-corrected chi connectivity index (χ1v) is 6.36. The van der Waals surface area contributed by atoms with E-state index in [1.165, 1.54) is 6.07 Å². The predicted molar refractivity (Wildman–Crippen MR) is 65.1 cm³/mol. The molecule has 1 fully saturated rings. The SMILES string of the molecule is NNC(CC1CCCO1)c1ccc(F)c(C(F)(F)F)c1. The number of halogens is 4. The lowest BCUT2D eigenvalue weighted by Gasteiger charge is -2.21. The Morgan fingerprint density at radius 1 is 1.40 bits per heavy atom. The highest BCUT2D eigenvalue weighted by molar-refractivity contribution is 5.29. The third kappa shape index (κ3) is 3.47. The van der Waals surface area contributed by atoms with Gasteiger partial charge in [-0.1, -0.05) is 6.07 Å². The number of hydrogen-bond donors (Lipinski definition) is 2.